The molecule has 3 rings (SSSR count). The van der Waals surface area contributed by atoms with Crippen molar-refractivity contribution in [1.29, 1.82) is 0 Å². The summed E-state index contributed by atoms with van der Waals surface area (Å²) in [4.78, 5) is 5.78. The first-order valence-corrected chi connectivity index (χ1v) is 7.16. The molecular formula is C16H23N3. The van der Waals surface area contributed by atoms with E-state index in [9.17, 15) is 0 Å². The van der Waals surface area contributed by atoms with Crippen LogP contribution in [-0.4, -0.2) is 36.6 Å². The lowest BCUT2D eigenvalue weighted by atomic mass is 10.1. The second-order valence-corrected chi connectivity index (χ2v) is 6.05. The summed E-state index contributed by atoms with van der Waals surface area (Å²) in [5.41, 5.74) is 8.94. The highest BCUT2D eigenvalue weighted by Gasteiger charge is 2.41. The van der Waals surface area contributed by atoms with Crippen LogP contribution in [0.4, 0.5) is 0 Å². The second-order valence-electron chi connectivity index (χ2n) is 6.05. The third-order valence-electron chi connectivity index (χ3n) is 4.43. The summed E-state index contributed by atoms with van der Waals surface area (Å²) in [6.07, 6.45) is 5.86. The van der Waals surface area contributed by atoms with Gasteiger partial charge in [0.2, 0.25) is 0 Å². The van der Waals surface area contributed by atoms with Gasteiger partial charge in [-0.25, -0.2) is 0 Å². The van der Waals surface area contributed by atoms with Gasteiger partial charge in [0.15, 0.2) is 0 Å². The van der Waals surface area contributed by atoms with E-state index in [1.807, 2.05) is 0 Å². The van der Waals surface area contributed by atoms with Gasteiger partial charge in [-0.15, -0.1) is 0 Å². The van der Waals surface area contributed by atoms with E-state index in [2.05, 4.69) is 47.4 Å². The largest absolute Gasteiger partial charge is 0.361 e. The van der Waals surface area contributed by atoms with Crippen molar-refractivity contribution in [3.05, 3.63) is 36.0 Å². The molecule has 1 aliphatic rings. The summed E-state index contributed by atoms with van der Waals surface area (Å²) < 4.78 is 0. The van der Waals surface area contributed by atoms with Crippen LogP contribution in [0.2, 0.25) is 0 Å². The maximum atomic E-state index is 5.85. The first kappa shape index (κ1) is 12.7. The molecule has 2 aromatic rings. The Morgan fingerprint density at radius 2 is 2.11 bits per heavy atom. The van der Waals surface area contributed by atoms with Crippen LogP contribution in [0.5, 0.6) is 0 Å². The maximum absolute atomic E-state index is 5.85. The van der Waals surface area contributed by atoms with Crippen molar-refractivity contribution in [3.63, 3.8) is 0 Å². The topological polar surface area (TPSA) is 45.0 Å². The number of nitrogens with one attached hydrogen (secondary N) is 1. The van der Waals surface area contributed by atoms with Gasteiger partial charge in [0.25, 0.3) is 0 Å². The first-order valence-electron chi connectivity index (χ1n) is 7.16. The van der Waals surface area contributed by atoms with Gasteiger partial charge in [0.05, 0.1) is 0 Å². The van der Waals surface area contributed by atoms with Crippen molar-refractivity contribution in [3.8, 4) is 0 Å². The Balaban J connectivity index is 1.60. The molecule has 0 bridgehead atoms. The SMILES string of the molecule is CN(CCc1c[nH]c2ccccc12)CC1(CN)CC1. The number of nitrogens with two attached hydrogens (primary N) is 1. The van der Waals surface area contributed by atoms with Crippen molar-refractivity contribution in [1.82, 2.24) is 9.88 Å². The molecule has 0 atom stereocenters. The van der Waals surface area contributed by atoms with Crippen LogP contribution in [0, 0.1) is 5.41 Å². The van der Waals surface area contributed by atoms with E-state index in [0.29, 0.717) is 5.41 Å². The summed E-state index contributed by atoms with van der Waals surface area (Å²) in [6.45, 7) is 3.08. The zero-order valence-electron chi connectivity index (χ0n) is 11.7. The lowest BCUT2D eigenvalue weighted by molar-refractivity contribution is 0.269. The van der Waals surface area contributed by atoms with Crippen molar-refractivity contribution in [2.45, 2.75) is 19.3 Å². The average molecular weight is 257 g/mol. The molecule has 1 fully saturated rings. The Morgan fingerprint density at radius 1 is 1.32 bits per heavy atom. The number of rotatable bonds is 6. The van der Waals surface area contributed by atoms with E-state index in [1.165, 1.54) is 29.3 Å². The Labute approximate surface area is 114 Å². The molecule has 1 heterocycles. The lowest BCUT2D eigenvalue weighted by Crippen LogP contribution is -2.32. The standard InChI is InChI=1S/C16H23N3/c1-19(12-16(11-17)7-8-16)9-6-13-10-18-15-5-3-2-4-14(13)15/h2-5,10,18H,6-9,11-12,17H2,1H3. The molecule has 3 heteroatoms. The highest BCUT2D eigenvalue weighted by atomic mass is 15.1. The molecule has 102 valence electrons. The minimum atomic E-state index is 0.439. The van der Waals surface area contributed by atoms with Crippen LogP contribution in [0.1, 0.15) is 18.4 Å². The molecular weight excluding hydrogens is 234 g/mol. The van der Waals surface area contributed by atoms with E-state index in [0.717, 1.165) is 26.1 Å². The molecule has 1 aliphatic carbocycles. The number of aromatic nitrogens is 1. The van der Waals surface area contributed by atoms with Gasteiger partial charge < -0.3 is 15.6 Å². The number of benzene rings is 1. The van der Waals surface area contributed by atoms with Crippen molar-refractivity contribution in [2.75, 3.05) is 26.7 Å². The minimum Gasteiger partial charge on any atom is -0.361 e. The molecule has 0 aliphatic heterocycles. The highest BCUT2D eigenvalue weighted by molar-refractivity contribution is 5.83. The van der Waals surface area contributed by atoms with E-state index in [-0.39, 0.29) is 0 Å². The van der Waals surface area contributed by atoms with E-state index >= 15 is 0 Å². The number of para-hydroxylation sites is 1. The molecule has 0 amide bonds. The highest BCUT2D eigenvalue weighted by Crippen LogP contribution is 2.44. The second kappa shape index (κ2) is 4.99. The Bertz CT molecular complexity index is 554. The Kier molecular flexibility index (Phi) is 3.33. The minimum absolute atomic E-state index is 0.439. The van der Waals surface area contributed by atoms with Gasteiger partial charge in [-0.2, -0.15) is 0 Å². The molecule has 0 radical (unpaired) electrons. The Hall–Kier alpha value is -1.32. The number of aromatic amines is 1. The van der Waals surface area contributed by atoms with Crippen LogP contribution in [-0.2, 0) is 6.42 Å². The number of hydrogen-bond donors (Lipinski definition) is 2. The summed E-state index contributed by atoms with van der Waals surface area (Å²) in [5.74, 6) is 0. The van der Waals surface area contributed by atoms with Crippen LogP contribution in [0.15, 0.2) is 30.5 Å². The molecule has 1 aromatic carbocycles. The fourth-order valence-corrected chi connectivity index (χ4v) is 2.90. The predicted molar refractivity (Wildman–Crippen MR) is 80.2 cm³/mol. The number of fused-ring (bicyclic) bond motifs is 1. The van der Waals surface area contributed by atoms with Gasteiger partial charge in [0.1, 0.15) is 0 Å². The quantitative estimate of drug-likeness (QED) is 0.834. The molecule has 0 saturated heterocycles. The monoisotopic (exact) mass is 257 g/mol. The van der Waals surface area contributed by atoms with Crippen molar-refractivity contribution < 1.29 is 0 Å². The van der Waals surface area contributed by atoms with Crippen molar-refractivity contribution in [2.24, 2.45) is 11.1 Å². The zero-order valence-corrected chi connectivity index (χ0v) is 11.7. The normalized spacial score (nSPS) is 17.2. The fourth-order valence-electron chi connectivity index (χ4n) is 2.90. The number of hydrogen-bond acceptors (Lipinski definition) is 2. The summed E-state index contributed by atoms with van der Waals surface area (Å²) in [5, 5.41) is 1.36. The predicted octanol–water partition coefficient (Wildman–Crippen LogP) is 2.38. The molecule has 1 aromatic heterocycles. The summed E-state index contributed by atoms with van der Waals surface area (Å²) in [7, 11) is 2.21. The molecule has 3 N–H and O–H groups in total. The molecule has 19 heavy (non-hydrogen) atoms. The lowest BCUT2D eigenvalue weighted by Gasteiger charge is -2.22. The van der Waals surface area contributed by atoms with Crippen LogP contribution >= 0.6 is 0 Å². The first-order chi connectivity index (χ1) is 9.22. The van der Waals surface area contributed by atoms with Crippen LogP contribution in [0.3, 0.4) is 0 Å². The van der Waals surface area contributed by atoms with Gasteiger partial charge in [-0.1, -0.05) is 18.2 Å². The molecule has 0 unspecified atom stereocenters. The molecule has 1 saturated carbocycles. The zero-order chi connectivity index (χ0) is 13.3. The number of likely N-dealkylation sites (N-methyl/N-ethyl adjacent to an activating group) is 1. The summed E-state index contributed by atoms with van der Waals surface area (Å²) in [6, 6.07) is 8.52. The van der Waals surface area contributed by atoms with Gasteiger partial charge in [0, 0.05) is 30.2 Å². The van der Waals surface area contributed by atoms with Crippen LogP contribution in [0.25, 0.3) is 10.9 Å². The average Bonchev–Trinajstić information content (AvgIpc) is 3.08. The van der Waals surface area contributed by atoms with Gasteiger partial charge in [-0.3, -0.25) is 0 Å². The maximum Gasteiger partial charge on any atom is 0.0456 e. The number of H-pyrrole nitrogens is 1. The third-order valence-corrected chi connectivity index (χ3v) is 4.43. The Morgan fingerprint density at radius 3 is 2.84 bits per heavy atom. The van der Waals surface area contributed by atoms with Gasteiger partial charge >= 0.3 is 0 Å². The fraction of sp³-hybridized carbons (Fsp3) is 0.500. The molecule has 0 spiro atoms. The van der Waals surface area contributed by atoms with Crippen molar-refractivity contribution >= 4 is 10.9 Å². The van der Waals surface area contributed by atoms with E-state index in [1.54, 1.807) is 0 Å². The van der Waals surface area contributed by atoms with E-state index < -0.39 is 0 Å². The smallest absolute Gasteiger partial charge is 0.0456 e. The summed E-state index contributed by atoms with van der Waals surface area (Å²) >= 11 is 0. The van der Waals surface area contributed by atoms with Crippen LogP contribution < -0.4 is 5.73 Å². The molecule has 3 nitrogen and oxygen atoms in total. The van der Waals surface area contributed by atoms with Gasteiger partial charge in [-0.05, 0) is 49.9 Å². The third kappa shape index (κ3) is 2.67. The number of nitrogens with zero attached hydrogens (tertiary/aromatic N) is 1. The van der Waals surface area contributed by atoms with E-state index in [4.69, 9.17) is 5.73 Å².